The summed E-state index contributed by atoms with van der Waals surface area (Å²) in [7, 11) is 0. The van der Waals surface area contributed by atoms with E-state index in [0.29, 0.717) is 16.7 Å². The fourth-order valence-corrected chi connectivity index (χ4v) is 3.13. The maximum atomic E-state index is 5.33. The summed E-state index contributed by atoms with van der Waals surface area (Å²) in [5, 5.41) is 7.29. The van der Waals surface area contributed by atoms with E-state index in [-0.39, 0.29) is 0 Å². The monoisotopic (exact) mass is 282 g/mol. The second-order valence-electron chi connectivity index (χ2n) is 4.70. The Hall–Kier alpha value is -1.01. The van der Waals surface area contributed by atoms with Gasteiger partial charge in [0, 0.05) is 6.04 Å². The van der Waals surface area contributed by atoms with Gasteiger partial charge in [-0.1, -0.05) is 20.8 Å². The highest BCUT2D eigenvalue weighted by Gasteiger charge is 2.19. The van der Waals surface area contributed by atoms with Crippen LogP contribution in [0.15, 0.2) is 5.51 Å². The summed E-state index contributed by atoms with van der Waals surface area (Å²) in [6, 6.07) is 0.341. The summed E-state index contributed by atoms with van der Waals surface area (Å²) in [5.41, 5.74) is 2.97. The lowest BCUT2D eigenvalue weighted by atomic mass is 10.1. The topological polar surface area (TPSA) is 46.5 Å². The Balaban J connectivity index is 2.58. The molecule has 18 heavy (non-hydrogen) atoms. The molecule has 98 valence electrons. The molecule has 0 aromatic carbocycles. The van der Waals surface area contributed by atoms with Gasteiger partial charge in [0.15, 0.2) is 10.6 Å². The second kappa shape index (κ2) is 5.32. The molecule has 6 heteroatoms. The summed E-state index contributed by atoms with van der Waals surface area (Å²) in [4.78, 5) is 5.57. The molecular weight excluding hydrogens is 264 g/mol. The van der Waals surface area contributed by atoms with Gasteiger partial charge >= 0.3 is 0 Å². The molecule has 0 radical (unpaired) electrons. The summed E-state index contributed by atoms with van der Waals surface area (Å²) >= 11 is 6.95. The average Bonchev–Trinajstić information content (AvgIpc) is 2.93. The van der Waals surface area contributed by atoms with E-state index in [1.807, 2.05) is 5.51 Å². The van der Waals surface area contributed by atoms with Crippen molar-refractivity contribution in [3.63, 3.8) is 0 Å². The minimum atomic E-state index is 0.341. The summed E-state index contributed by atoms with van der Waals surface area (Å²) < 4.78 is 2.77. The molecule has 0 saturated carbocycles. The zero-order valence-electron chi connectivity index (χ0n) is 11.1. The Bertz CT molecular complexity index is 579. The van der Waals surface area contributed by atoms with Gasteiger partial charge in [-0.25, -0.2) is 4.98 Å². The lowest BCUT2D eigenvalue weighted by Gasteiger charge is -2.13. The number of nitrogens with one attached hydrogen (secondary N) is 1. The maximum Gasteiger partial charge on any atom is 0.195 e. The van der Waals surface area contributed by atoms with Crippen molar-refractivity contribution in [2.24, 2.45) is 0 Å². The van der Waals surface area contributed by atoms with Gasteiger partial charge in [0.2, 0.25) is 0 Å². The Morgan fingerprint density at radius 1 is 1.44 bits per heavy atom. The van der Waals surface area contributed by atoms with Crippen LogP contribution in [-0.4, -0.2) is 19.7 Å². The van der Waals surface area contributed by atoms with Crippen molar-refractivity contribution in [2.45, 2.75) is 46.1 Å². The zero-order valence-corrected chi connectivity index (χ0v) is 12.7. The number of rotatable bonds is 4. The minimum absolute atomic E-state index is 0.341. The van der Waals surface area contributed by atoms with Crippen molar-refractivity contribution in [1.29, 1.82) is 0 Å². The molecule has 2 rings (SSSR count). The predicted molar refractivity (Wildman–Crippen MR) is 77.6 cm³/mol. The number of H-pyrrole nitrogens is 1. The van der Waals surface area contributed by atoms with E-state index in [4.69, 9.17) is 12.2 Å². The van der Waals surface area contributed by atoms with Gasteiger partial charge in [0.25, 0.3) is 0 Å². The molecule has 0 amide bonds. The Labute approximate surface area is 116 Å². The number of aromatic nitrogens is 4. The number of aromatic amines is 1. The number of thiazole rings is 1. The number of hydrogen-bond acceptors (Lipinski definition) is 4. The van der Waals surface area contributed by atoms with Gasteiger partial charge in [0.1, 0.15) is 0 Å². The van der Waals surface area contributed by atoms with Crippen molar-refractivity contribution in [2.75, 3.05) is 0 Å². The van der Waals surface area contributed by atoms with Crippen LogP contribution >= 0.6 is 23.6 Å². The SMILES string of the molecule is CCC(C)n1c(-c2scnc2C(C)C)n[nH]c1=S. The predicted octanol–water partition coefficient (Wildman–Crippen LogP) is 4.16. The Morgan fingerprint density at radius 3 is 2.78 bits per heavy atom. The van der Waals surface area contributed by atoms with Crippen LogP contribution in [0.2, 0.25) is 0 Å². The highest BCUT2D eigenvalue weighted by Crippen LogP contribution is 2.32. The fourth-order valence-electron chi connectivity index (χ4n) is 1.89. The molecule has 0 aliphatic carbocycles. The molecule has 2 aromatic heterocycles. The number of nitrogens with zero attached hydrogens (tertiary/aromatic N) is 3. The van der Waals surface area contributed by atoms with Crippen molar-refractivity contribution in [3.8, 4) is 10.7 Å². The Morgan fingerprint density at radius 2 is 2.17 bits per heavy atom. The maximum absolute atomic E-state index is 5.33. The molecule has 4 nitrogen and oxygen atoms in total. The minimum Gasteiger partial charge on any atom is -0.297 e. The normalized spacial score (nSPS) is 13.2. The van der Waals surface area contributed by atoms with Gasteiger partial charge in [0.05, 0.1) is 16.1 Å². The number of hydrogen-bond donors (Lipinski definition) is 1. The quantitative estimate of drug-likeness (QED) is 0.857. The van der Waals surface area contributed by atoms with E-state index in [2.05, 4.69) is 47.4 Å². The standard InChI is InChI=1S/C12H18N4S2/c1-5-8(4)16-11(14-15-12(16)17)10-9(7(2)3)13-6-18-10/h6-8H,5H2,1-4H3,(H,15,17). The average molecular weight is 282 g/mol. The first-order chi connectivity index (χ1) is 8.56. The molecule has 0 aliphatic heterocycles. The first-order valence-corrected chi connectivity index (χ1v) is 7.45. The lowest BCUT2D eigenvalue weighted by Crippen LogP contribution is -2.06. The summed E-state index contributed by atoms with van der Waals surface area (Å²) in [6.45, 7) is 8.60. The van der Waals surface area contributed by atoms with Gasteiger partial charge < -0.3 is 0 Å². The van der Waals surface area contributed by atoms with Gasteiger partial charge in [-0.3, -0.25) is 9.67 Å². The van der Waals surface area contributed by atoms with Crippen LogP contribution in [0.4, 0.5) is 0 Å². The van der Waals surface area contributed by atoms with Crippen LogP contribution in [0.25, 0.3) is 10.7 Å². The molecule has 0 saturated heterocycles. The molecule has 1 atom stereocenters. The van der Waals surface area contributed by atoms with Gasteiger partial charge in [-0.2, -0.15) is 5.10 Å². The van der Waals surface area contributed by atoms with Crippen LogP contribution in [0.1, 0.15) is 51.8 Å². The molecule has 2 heterocycles. The van der Waals surface area contributed by atoms with Crippen molar-refractivity contribution < 1.29 is 0 Å². The molecule has 0 aliphatic rings. The van der Waals surface area contributed by atoms with Crippen molar-refractivity contribution in [3.05, 3.63) is 16.0 Å². The molecular formula is C12H18N4S2. The van der Waals surface area contributed by atoms with Crippen LogP contribution < -0.4 is 0 Å². The van der Waals surface area contributed by atoms with Crippen molar-refractivity contribution in [1.82, 2.24) is 19.7 Å². The first-order valence-electron chi connectivity index (χ1n) is 6.16. The third-order valence-corrected chi connectivity index (χ3v) is 4.21. The largest absolute Gasteiger partial charge is 0.297 e. The first kappa shape index (κ1) is 13.4. The molecule has 0 bridgehead atoms. The zero-order chi connectivity index (χ0) is 13.3. The Kier molecular flexibility index (Phi) is 3.97. The fraction of sp³-hybridized carbons (Fsp3) is 0.583. The van der Waals surface area contributed by atoms with Crippen LogP contribution in [0.3, 0.4) is 0 Å². The summed E-state index contributed by atoms with van der Waals surface area (Å²) in [6.07, 6.45) is 1.02. The molecule has 0 spiro atoms. The third-order valence-electron chi connectivity index (χ3n) is 3.08. The van der Waals surface area contributed by atoms with Crippen LogP contribution in [-0.2, 0) is 0 Å². The van der Waals surface area contributed by atoms with Crippen LogP contribution in [0.5, 0.6) is 0 Å². The van der Waals surface area contributed by atoms with E-state index in [9.17, 15) is 0 Å². The smallest absolute Gasteiger partial charge is 0.195 e. The molecule has 2 aromatic rings. The molecule has 1 unspecified atom stereocenters. The van der Waals surface area contributed by atoms with E-state index in [0.717, 1.165) is 22.8 Å². The van der Waals surface area contributed by atoms with E-state index in [1.54, 1.807) is 11.3 Å². The van der Waals surface area contributed by atoms with E-state index in [1.165, 1.54) is 0 Å². The second-order valence-corrected chi connectivity index (χ2v) is 5.94. The highest BCUT2D eigenvalue weighted by molar-refractivity contribution is 7.71. The third kappa shape index (κ3) is 2.27. The summed E-state index contributed by atoms with van der Waals surface area (Å²) in [5.74, 6) is 1.31. The van der Waals surface area contributed by atoms with Gasteiger partial charge in [-0.15, -0.1) is 11.3 Å². The van der Waals surface area contributed by atoms with Crippen molar-refractivity contribution >= 4 is 23.6 Å². The highest BCUT2D eigenvalue weighted by atomic mass is 32.1. The molecule has 1 N–H and O–H groups in total. The lowest BCUT2D eigenvalue weighted by molar-refractivity contribution is 0.528. The van der Waals surface area contributed by atoms with E-state index >= 15 is 0 Å². The van der Waals surface area contributed by atoms with E-state index < -0.39 is 0 Å². The van der Waals surface area contributed by atoms with Gasteiger partial charge in [-0.05, 0) is 31.5 Å². The van der Waals surface area contributed by atoms with Crippen LogP contribution in [0, 0.1) is 4.77 Å². The molecule has 0 fully saturated rings.